The molecule has 2 amide bonds. The number of aliphatic carboxylic acids is 1. The number of hydrogen-bond donors (Lipinski definition) is 3. The van der Waals surface area contributed by atoms with E-state index in [4.69, 9.17) is 5.11 Å². The zero-order valence-electron chi connectivity index (χ0n) is 17.5. The second-order valence-corrected chi connectivity index (χ2v) is 7.82. The molecule has 0 unspecified atom stereocenters. The molecule has 29 heavy (non-hydrogen) atoms. The van der Waals surface area contributed by atoms with Crippen molar-refractivity contribution in [3.63, 3.8) is 0 Å². The van der Waals surface area contributed by atoms with Crippen LogP contribution in [-0.2, 0) is 14.4 Å². The zero-order chi connectivity index (χ0) is 21.2. The molecule has 0 aromatic heterocycles. The van der Waals surface area contributed by atoms with E-state index >= 15 is 0 Å². The van der Waals surface area contributed by atoms with E-state index in [1.165, 1.54) is 0 Å². The van der Waals surface area contributed by atoms with Gasteiger partial charge in [0.1, 0.15) is 0 Å². The Kier molecular flexibility index (Phi) is 9.12. The first-order valence-electron chi connectivity index (χ1n) is 10.5. The number of carbonyl (C=O) groups is 3. The molecule has 0 spiro atoms. The highest BCUT2D eigenvalue weighted by molar-refractivity contribution is 5.93. The Morgan fingerprint density at radius 2 is 1.72 bits per heavy atom. The smallest absolute Gasteiger partial charge is 0.303 e. The van der Waals surface area contributed by atoms with Crippen LogP contribution in [0.4, 0.5) is 5.69 Å². The lowest BCUT2D eigenvalue weighted by molar-refractivity contribution is -0.137. The molecule has 0 radical (unpaired) electrons. The molecule has 0 heterocycles. The summed E-state index contributed by atoms with van der Waals surface area (Å²) in [5.41, 5.74) is 2.95. The molecule has 2 rings (SSSR count). The third-order valence-corrected chi connectivity index (χ3v) is 5.17. The number of anilines is 1. The van der Waals surface area contributed by atoms with Crippen LogP contribution >= 0.6 is 0 Å². The third kappa shape index (κ3) is 8.64. The molecule has 3 N–H and O–H groups in total. The van der Waals surface area contributed by atoms with Crippen molar-refractivity contribution in [2.75, 3.05) is 25.0 Å². The summed E-state index contributed by atoms with van der Waals surface area (Å²) in [4.78, 5) is 37.1. The number of aryl methyl sites for hydroxylation is 2. The van der Waals surface area contributed by atoms with Crippen LogP contribution in [0.1, 0.15) is 56.1 Å². The highest BCUT2D eigenvalue weighted by Gasteiger charge is 2.30. The maximum atomic E-state index is 12.5. The van der Waals surface area contributed by atoms with Gasteiger partial charge >= 0.3 is 5.97 Å². The molecular weight excluding hydrogens is 370 g/mol. The summed E-state index contributed by atoms with van der Waals surface area (Å²) in [6, 6.07) is 6.32. The van der Waals surface area contributed by atoms with E-state index in [0.29, 0.717) is 38.5 Å². The number of rotatable bonds is 13. The van der Waals surface area contributed by atoms with Crippen molar-refractivity contribution >= 4 is 23.5 Å². The number of carboxylic acids is 1. The van der Waals surface area contributed by atoms with Gasteiger partial charge in [0.2, 0.25) is 11.8 Å². The Morgan fingerprint density at radius 3 is 2.34 bits per heavy atom. The number of amides is 2. The molecule has 1 aromatic carbocycles. The molecule has 7 nitrogen and oxygen atoms in total. The second-order valence-electron chi connectivity index (χ2n) is 7.82. The van der Waals surface area contributed by atoms with Crippen molar-refractivity contribution in [1.29, 1.82) is 0 Å². The Balaban J connectivity index is 1.70. The van der Waals surface area contributed by atoms with Crippen molar-refractivity contribution in [3.8, 4) is 0 Å². The molecule has 0 aliphatic heterocycles. The minimum atomic E-state index is -0.782. The van der Waals surface area contributed by atoms with E-state index < -0.39 is 5.97 Å². The molecule has 160 valence electrons. The van der Waals surface area contributed by atoms with Crippen molar-refractivity contribution in [2.24, 2.45) is 0 Å². The predicted octanol–water partition coefficient (Wildman–Crippen LogP) is 2.86. The summed E-state index contributed by atoms with van der Waals surface area (Å²) < 4.78 is 0. The van der Waals surface area contributed by atoms with E-state index in [2.05, 4.69) is 15.5 Å². The minimum Gasteiger partial charge on any atom is -0.481 e. The molecule has 0 saturated heterocycles. The summed E-state index contributed by atoms with van der Waals surface area (Å²) in [6.07, 6.45) is 4.89. The fraction of sp³-hybridized carbons (Fsp3) is 0.591. The number of carboxylic acid groups (broad SMARTS) is 1. The zero-order valence-corrected chi connectivity index (χ0v) is 17.5. The molecular formula is C22H33N3O4. The third-order valence-electron chi connectivity index (χ3n) is 5.17. The van der Waals surface area contributed by atoms with Gasteiger partial charge in [0.25, 0.3) is 0 Å². The molecule has 0 atom stereocenters. The summed E-state index contributed by atoms with van der Waals surface area (Å²) in [7, 11) is 0. The van der Waals surface area contributed by atoms with Gasteiger partial charge in [-0.2, -0.15) is 0 Å². The molecule has 1 saturated carbocycles. The van der Waals surface area contributed by atoms with Gasteiger partial charge in [0.15, 0.2) is 0 Å². The Labute approximate surface area is 172 Å². The number of hydrogen-bond acceptors (Lipinski definition) is 4. The van der Waals surface area contributed by atoms with Gasteiger partial charge in [-0.05, 0) is 50.7 Å². The first-order chi connectivity index (χ1) is 13.9. The van der Waals surface area contributed by atoms with E-state index in [0.717, 1.165) is 42.5 Å². The van der Waals surface area contributed by atoms with E-state index in [-0.39, 0.29) is 18.2 Å². The van der Waals surface area contributed by atoms with Gasteiger partial charge in [-0.15, -0.1) is 0 Å². The van der Waals surface area contributed by atoms with Crippen LogP contribution in [0, 0.1) is 13.8 Å². The average Bonchev–Trinajstić information content (AvgIpc) is 3.49. The van der Waals surface area contributed by atoms with Gasteiger partial charge in [-0.25, -0.2) is 0 Å². The monoisotopic (exact) mass is 403 g/mol. The van der Waals surface area contributed by atoms with Crippen LogP contribution in [-0.4, -0.2) is 53.5 Å². The summed E-state index contributed by atoms with van der Waals surface area (Å²) in [5.74, 6) is -0.854. The van der Waals surface area contributed by atoms with Crippen LogP contribution in [0.3, 0.4) is 0 Å². The topological polar surface area (TPSA) is 98.7 Å². The Hall–Kier alpha value is -2.41. The maximum Gasteiger partial charge on any atom is 0.303 e. The number of nitrogens with one attached hydrogen (secondary N) is 2. The van der Waals surface area contributed by atoms with Gasteiger partial charge in [-0.1, -0.05) is 24.6 Å². The van der Waals surface area contributed by atoms with Crippen LogP contribution in [0.5, 0.6) is 0 Å². The lowest BCUT2D eigenvalue weighted by Gasteiger charge is -2.22. The van der Waals surface area contributed by atoms with Crippen molar-refractivity contribution < 1.29 is 19.5 Å². The average molecular weight is 404 g/mol. The largest absolute Gasteiger partial charge is 0.481 e. The van der Waals surface area contributed by atoms with Crippen LogP contribution in [0.25, 0.3) is 0 Å². The Bertz CT molecular complexity index is 696. The van der Waals surface area contributed by atoms with Crippen molar-refractivity contribution in [1.82, 2.24) is 10.2 Å². The second kappa shape index (κ2) is 11.6. The number of carbonyl (C=O) groups excluding carboxylic acids is 2. The van der Waals surface area contributed by atoms with E-state index in [9.17, 15) is 14.4 Å². The van der Waals surface area contributed by atoms with Crippen molar-refractivity contribution in [3.05, 3.63) is 29.3 Å². The van der Waals surface area contributed by atoms with Gasteiger partial charge < -0.3 is 15.7 Å². The first-order valence-corrected chi connectivity index (χ1v) is 10.5. The summed E-state index contributed by atoms with van der Waals surface area (Å²) in [5, 5.41) is 14.5. The Morgan fingerprint density at radius 1 is 1.03 bits per heavy atom. The SMILES string of the molecule is Cc1cccc(C)c1NC(=O)CN(CCC(=O)NCCCCCC(=O)O)C1CC1. The highest BCUT2D eigenvalue weighted by Crippen LogP contribution is 2.27. The van der Waals surface area contributed by atoms with Crippen LogP contribution in [0.2, 0.25) is 0 Å². The van der Waals surface area contributed by atoms with Crippen molar-refractivity contribution in [2.45, 2.75) is 64.8 Å². The number of benzene rings is 1. The van der Waals surface area contributed by atoms with Gasteiger partial charge in [0, 0.05) is 37.7 Å². The van der Waals surface area contributed by atoms with Crippen LogP contribution in [0.15, 0.2) is 18.2 Å². The number of para-hydroxylation sites is 1. The molecule has 7 heteroatoms. The maximum absolute atomic E-state index is 12.5. The quantitative estimate of drug-likeness (QED) is 0.440. The predicted molar refractivity (Wildman–Crippen MR) is 113 cm³/mol. The minimum absolute atomic E-state index is 0.0240. The summed E-state index contributed by atoms with van der Waals surface area (Å²) >= 11 is 0. The molecule has 1 aliphatic rings. The number of unbranched alkanes of at least 4 members (excludes halogenated alkanes) is 2. The van der Waals surface area contributed by atoms with Crippen LogP contribution < -0.4 is 10.6 Å². The first kappa shape index (κ1) is 22.9. The normalized spacial score (nSPS) is 13.3. The lowest BCUT2D eigenvalue weighted by Crippen LogP contribution is -2.38. The lowest BCUT2D eigenvalue weighted by atomic mass is 10.1. The molecule has 1 aromatic rings. The standard InChI is InChI=1S/C22H33N3O4/c1-16-7-6-8-17(2)22(16)24-20(27)15-25(18-10-11-18)14-12-19(26)23-13-5-3-4-9-21(28)29/h6-8,18H,3-5,9-15H2,1-2H3,(H,23,26)(H,24,27)(H,28,29). The van der Waals surface area contributed by atoms with Gasteiger partial charge in [0.05, 0.1) is 6.54 Å². The number of nitrogens with zero attached hydrogens (tertiary/aromatic N) is 1. The summed E-state index contributed by atoms with van der Waals surface area (Å²) in [6.45, 7) is 5.38. The molecule has 1 aliphatic carbocycles. The van der Waals surface area contributed by atoms with E-state index in [1.54, 1.807) is 0 Å². The molecule has 0 bridgehead atoms. The highest BCUT2D eigenvalue weighted by atomic mass is 16.4. The fourth-order valence-corrected chi connectivity index (χ4v) is 3.34. The van der Waals surface area contributed by atoms with E-state index in [1.807, 2.05) is 32.0 Å². The van der Waals surface area contributed by atoms with Gasteiger partial charge in [-0.3, -0.25) is 19.3 Å². The fourth-order valence-electron chi connectivity index (χ4n) is 3.34. The molecule has 1 fully saturated rings.